The molecule has 0 bridgehead atoms. The van der Waals surface area contributed by atoms with Gasteiger partial charge in [-0.3, -0.25) is 0 Å². The molecule has 0 spiro atoms. The molecular weight excluding hydrogens is 389 g/mol. The molecule has 0 amide bonds. The molecule has 0 unspecified atom stereocenters. The van der Waals surface area contributed by atoms with Crippen molar-refractivity contribution in [1.82, 2.24) is 4.98 Å². The fourth-order valence-corrected chi connectivity index (χ4v) is 3.14. The molecule has 3 aromatic carbocycles. The Morgan fingerprint density at radius 1 is 0.742 bits per heavy atom. The molecule has 4 rings (SSSR count). The van der Waals surface area contributed by atoms with E-state index < -0.39 is 0 Å². The SMILES string of the molecule is C#Cc1ccc(F)cc1-c1ccc(OCc2ccccc2)nc1OCc1ccccc1. The molecular formula is C27H20FNO2. The normalized spacial score (nSPS) is 10.3. The highest BCUT2D eigenvalue weighted by Crippen LogP contribution is 2.34. The zero-order chi connectivity index (χ0) is 21.5. The third-order valence-electron chi connectivity index (χ3n) is 4.71. The molecule has 0 atom stereocenters. The van der Waals surface area contributed by atoms with E-state index >= 15 is 0 Å². The minimum atomic E-state index is -0.382. The maximum atomic E-state index is 14.0. The lowest BCUT2D eigenvalue weighted by atomic mass is 10.0. The number of hydrogen-bond donors (Lipinski definition) is 0. The quantitative estimate of drug-likeness (QED) is 0.350. The Labute approximate surface area is 181 Å². The summed E-state index contributed by atoms with van der Waals surface area (Å²) < 4.78 is 25.9. The summed E-state index contributed by atoms with van der Waals surface area (Å²) in [6.45, 7) is 0.685. The van der Waals surface area contributed by atoms with Crippen LogP contribution in [-0.2, 0) is 13.2 Å². The first-order valence-electron chi connectivity index (χ1n) is 9.84. The Bertz CT molecular complexity index is 1200. The van der Waals surface area contributed by atoms with Gasteiger partial charge in [0.05, 0.1) is 0 Å². The predicted octanol–water partition coefficient (Wildman–Crippen LogP) is 6.03. The second kappa shape index (κ2) is 9.60. The van der Waals surface area contributed by atoms with Crippen molar-refractivity contribution in [1.29, 1.82) is 0 Å². The van der Waals surface area contributed by atoms with Crippen molar-refractivity contribution in [3.63, 3.8) is 0 Å². The van der Waals surface area contributed by atoms with E-state index in [0.29, 0.717) is 41.7 Å². The Morgan fingerprint density at radius 3 is 2.03 bits per heavy atom. The lowest BCUT2D eigenvalue weighted by Gasteiger charge is -2.14. The van der Waals surface area contributed by atoms with Crippen molar-refractivity contribution < 1.29 is 13.9 Å². The van der Waals surface area contributed by atoms with Crippen molar-refractivity contribution in [3.05, 3.63) is 114 Å². The minimum absolute atomic E-state index is 0.309. The van der Waals surface area contributed by atoms with Crippen molar-refractivity contribution in [3.8, 4) is 35.2 Å². The molecule has 1 aromatic heterocycles. The van der Waals surface area contributed by atoms with Crippen LogP contribution in [0.2, 0.25) is 0 Å². The smallest absolute Gasteiger partial charge is 0.225 e. The van der Waals surface area contributed by atoms with Gasteiger partial charge in [-0.15, -0.1) is 6.42 Å². The summed E-state index contributed by atoms with van der Waals surface area (Å²) in [6, 6.07) is 27.4. The standard InChI is InChI=1S/C27H20FNO2/c1-2-22-13-14-23(28)17-25(22)24-15-16-26(30-18-20-9-5-3-6-10-20)29-27(24)31-19-21-11-7-4-8-12-21/h1,3-17H,18-19H2. The molecule has 0 aliphatic rings. The molecule has 0 saturated heterocycles. The topological polar surface area (TPSA) is 31.4 Å². The van der Waals surface area contributed by atoms with E-state index in [0.717, 1.165) is 11.1 Å². The van der Waals surface area contributed by atoms with Crippen LogP contribution in [0, 0.1) is 18.2 Å². The predicted molar refractivity (Wildman–Crippen MR) is 119 cm³/mol. The molecule has 0 radical (unpaired) electrons. The van der Waals surface area contributed by atoms with Gasteiger partial charge in [-0.2, -0.15) is 4.98 Å². The van der Waals surface area contributed by atoms with Crippen molar-refractivity contribution in [2.24, 2.45) is 0 Å². The molecule has 0 saturated carbocycles. The number of halogens is 1. The largest absolute Gasteiger partial charge is 0.473 e. The monoisotopic (exact) mass is 409 g/mol. The van der Waals surface area contributed by atoms with Gasteiger partial charge in [0, 0.05) is 22.8 Å². The Balaban J connectivity index is 1.66. The average Bonchev–Trinajstić information content (AvgIpc) is 2.83. The van der Waals surface area contributed by atoms with Crippen LogP contribution < -0.4 is 9.47 Å². The molecule has 4 aromatic rings. The molecule has 152 valence electrons. The summed E-state index contributed by atoms with van der Waals surface area (Å²) in [5, 5.41) is 0. The van der Waals surface area contributed by atoms with Crippen molar-refractivity contribution >= 4 is 0 Å². The van der Waals surface area contributed by atoms with Gasteiger partial charge in [-0.25, -0.2) is 4.39 Å². The molecule has 31 heavy (non-hydrogen) atoms. The second-order valence-electron chi connectivity index (χ2n) is 6.88. The van der Waals surface area contributed by atoms with Gasteiger partial charge in [0.15, 0.2) is 0 Å². The summed E-state index contributed by atoms with van der Waals surface area (Å²) >= 11 is 0. The van der Waals surface area contributed by atoms with E-state index in [1.54, 1.807) is 18.2 Å². The Kier molecular flexibility index (Phi) is 6.25. The van der Waals surface area contributed by atoms with E-state index in [-0.39, 0.29) is 5.82 Å². The van der Waals surface area contributed by atoms with Crippen molar-refractivity contribution in [2.45, 2.75) is 13.2 Å². The van der Waals surface area contributed by atoms with Gasteiger partial charge < -0.3 is 9.47 Å². The van der Waals surface area contributed by atoms with Crippen LogP contribution in [0.5, 0.6) is 11.8 Å². The van der Waals surface area contributed by atoms with Crippen molar-refractivity contribution in [2.75, 3.05) is 0 Å². The van der Waals surface area contributed by atoms with Crippen LogP contribution in [0.3, 0.4) is 0 Å². The van der Waals surface area contributed by atoms with E-state index in [1.165, 1.54) is 12.1 Å². The number of aromatic nitrogens is 1. The highest BCUT2D eigenvalue weighted by atomic mass is 19.1. The first-order chi connectivity index (χ1) is 15.2. The van der Waals surface area contributed by atoms with Gasteiger partial charge in [-0.05, 0) is 35.4 Å². The number of terminal acetylenes is 1. The second-order valence-corrected chi connectivity index (χ2v) is 6.88. The van der Waals surface area contributed by atoms with E-state index in [2.05, 4.69) is 10.9 Å². The lowest BCUT2D eigenvalue weighted by Crippen LogP contribution is -2.03. The number of benzene rings is 3. The lowest BCUT2D eigenvalue weighted by molar-refractivity contribution is 0.268. The maximum absolute atomic E-state index is 14.0. The molecule has 0 N–H and O–H groups in total. The number of rotatable bonds is 7. The number of nitrogens with zero attached hydrogens (tertiary/aromatic N) is 1. The van der Waals surface area contributed by atoms with Gasteiger partial charge >= 0.3 is 0 Å². The third-order valence-corrected chi connectivity index (χ3v) is 4.71. The highest BCUT2D eigenvalue weighted by Gasteiger charge is 2.15. The van der Waals surface area contributed by atoms with Crippen LogP contribution in [0.1, 0.15) is 16.7 Å². The van der Waals surface area contributed by atoms with Crippen LogP contribution >= 0.6 is 0 Å². The molecule has 0 aliphatic carbocycles. The molecule has 0 fully saturated rings. The van der Waals surface area contributed by atoms with E-state index in [1.807, 2.05) is 60.7 Å². The molecule has 3 nitrogen and oxygen atoms in total. The van der Waals surface area contributed by atoms with Gasteiger partial charge in [-0.1, -0.05) is 66.6 Å². The van der Waals surface area contributed by atoms with Gasteiger partial charge in [0.25, 0.3) is 0 Å². The first-order valence-corrected chi connectivity index (χ1v) is 9.84. The summed E-state index contributed by atoms with van der Waals surface area (Å²) in [4.78, 5) is 4.55. The number of hydrogen-bond acceptors (Lipinski definition) is 3. The van der Waals surface area contributed by atoms with E-state index in [4.69, 9.17) is 15.9 Å². The summed E-state index contributed by atoms with van der Waals surface area (Å²) in [7, 11) is 0. The minimum Gasteiger partial charge on any atom is -0.473 e. The molecule has 0 aliphatic heterocycles. The number of pyridine rings is 1. The maximum Gasteiger partial charge on any atom is 0.225 e. The average molecular weight is 409 g/mol. The number of ether oxygens (including phenoxy) is 2. The Morgan fingerprint density at radius 2 is 1.39 bits per heavy atom. The van der Waals surface area contributed by atoms with Crippen LogP contribution in [0.4, 0.5) is 4.39 Å². The van der Waals surface area contributed by atoms with Crippen LogP contribution in [-0.4, -0.2) is 4.98 Å². The summed E-state index contributed by atoms with van der Waals surface area (Å²) in [5.41, 5.74) is 3.73. The third kappa shape index (κ3) is 5.09. The Hall–Kier alpha value is -4.10. The van der Waals surface area contributed by atoms with Crippen LogP contribution in [0.15, 0.2) is 91.0 Å². The van der Waals surface area contributed by atoms with Crippen LogP contribution in [0.25, 0.3) is 11.1 Å². The molecule has 1 heterocycles. The fourth-order valence-electron chi connectivity index (χ4n) is 3.14. The van der Waals surface area contributed by atoms with Gasteiger partial charge in [0.1, 0.15) is 19.0 Å². The summed E-state index contributed by atoms with van der Waals surface area (Å²) in [5.74, 6) is 2.96. The van der Waals surface area contributed by atoms with E-state index in [9.17, 15) is 4.39 Å². The first kappa shape index (κ1) is 20.2. The zero-order valence-electron chi connectivity index (χ0n) is 16.8. The fraction of sp³-hybridized carbons (Fsp3) is 0.0741. The molecule has 4 heteroatoms. The highest BCUT2D eigenvalue weighted by molar-refractivity contribution is 5.75. The van der Waals surface area contributed by atoms with Gasteiger partial charge in [0.2, 0.25) is 11.8 Å². The zero-order valence-corrected chi connectivity index (χ0v) is 16.8. The summed E-state index contributed by atoms with van der Waals surface area (Å²) in [6.07, 6.45) is 5.64.